The number of amides is 2. The van der Waals surface area contributed by atoms with Gasteiger partial charge in [-0.2, -0.15) is 0 Å². The van der Waals surface area contributed by atoms with Crippen LogP contribution < -0.4 is 16.4 Å². The Morgan fingerprint density at radius 3 is 2.26 bits per heavy atom. The summed E-state index contributed by atoms with van der Waals surface area (Å²) in [5.41, 5.74) is 7.35. The van der Waals surface area contributed by atoms with Crippen LogP contribution in [0.15, 0.2) is 60.9 Å². The van der Waals surface area contributed by atoms with E-state index in [0.717, 1.165) is 5.56 Å². The lowest BCUT2D eigenvalue weighted by Crippen LogP contribution is -2.22. The van der Waals surface area contributed by atoms with Crippen molar-refractivity contribution in [2.24, 2.45) is 0 Å². The number of aromatic nitrogens is 2. The number of nitrogens with zero attached hydrogens (tertiary/aromatic N) is 2. The monoisotopic (exact) mass is 365 g/mol. The van der Waals surface area contributed by atoms with Gasteiger partial charge in [0.1, 0.15) is 5.82 Å². The van der Waals surface area contributed by atoms with Gasteiger partial charge in [0.2, 0.25) is 0 Å². The fourth-order valence-corrected chi connectivity index (χ4v) is 2.31. The molecule has 3 rings (SSSR count). The van der Waals surface area contributed by atoms with Gasteiger partial charge in [-0.1, -0.05) is 12.1 Å². The minimum atomic E-state index is -0.492. The number of carbonyl (C=O) groups excluding carboxylic acids is 2. The van der Waals surface area contributed by atoms with E-state index in [1.165, 1.54) is 24.5 Å². The number of nitrogens with two attached hydrogens (primary N) is 1. The maximum Gasteiger partial charge on any atom is 0.278 e. The second kappa shape index (κ2) is 8.05. The summed E-state index contributed by atoms with van der Waals surface area (Å²) >= 11 is 0. The molecule has 2 aromatic carbocycles. The highest BCUT2D eigenvalue weighted by Gasteiger charge is 2.12. The Morgan fingerprint density at radius 1 is 0.926 bits per heavy atom. The lowest BCUT2D eigenvalue weighted by Gasteiger charge is -2.08. The quantitative estimate of drug-likeness (QED) is 0.643. The van der Waals surface area contributed by atoms with Crippen molar-refractivity contribution < 1.29 is 14.0 Å². The maximum atomic E-state index is 12.9. The molecule has 0 saturated carbocycles. The number of halogens is 1. The molecular formula is C19H16FN5O2. The first kappa shape index (κ1) is 18.0. The van der Waals surface area contributed by atoms with Gasteiger partial charge in [-0.05, 0) is 42.0 Å². The Morgan fingerprint density at radius 2 is 1.59 bits per heavy atom. The summed E-state index contributed by atoms with van der Waals surface area (Å²) in [6.45, 7) is 0.281. The lowest BCUT2D eigenvalue weighted by molar-refractivity contribution is 0.0950. The van der Waals surface area contributed by atoms with Crippen LogP contribution in [-0.4, -0.2) is 21.8 Å². The highest BCUT2D eigenvalue weighted by molar-refractivity contribution is 6.05. The SMILES string of the molecule is Nc1nccnc1C(=O)Nc1ccc(C(=O)NCc2ccc(F)cc2)cc1. The number of anilines is 2. The molecule has 0 spiro atoms. The highest BCUT2D eigenvalue weighted by Crippen LogP contribution is 2.13. The van der Waals surface area contributed by atoms with Crippen molar-refractivity contribution in [3.8, 4) is 0 Å². The van der Waals surface area contributed by atoms with Gasteiger partial charge in [0.05, 0.1) is 0 Å². The van der Waals surface area contributed by atoms with E-state index in [9.17, 15) is 14.0 Å². The summed E-state index contributed by atoms with van der Waals surface area (Å²) in [6, 6.07) is 12.2. The Bertz CT molecular complexity index is 959. The molecule has 4 N–H and O–H groups in total. The third-order valence-electron chi connectivity index (χ3n) is 3.71. The van der Waals surface area contributed by atoms with E-state index in [1.54, 1.807) is 36.4 Å². The molecule has 1 aromatic heterocycles. The molecule has 7 nitrogen and oxygen atoms in total. The number of hydrogen-bond acceptors (Lipinski definition) is 5. The van der Waals surface area contributed by atoms with Crippen molar-refractivity contribution in [2.45, 2.75) is 6.54 Å². The van der Waals surface area contributed by atoms with Gasteiger partial charge in [-0.15, -0.1) is 0 Å². The number of hydrogen-bond donors (Lipinski definition) is 3. The second-order valence-electron chi connectivity index (χ2n) is 5.63. The Labute approximate surface area is 154 Å². The van der Waals surface area contributed by atoms with Gasteiger partial charge in [-0.3, -0.25) is 9.59 Å². The molecule has 0 fully saturated rings. The van der Waals surface area contributed by atoms with E-state index in [4.69, 9.17) is 5.73 Å². The Kier molecular flexibility index (Phi) is 5.36. The molecule has 0 aliphatic heterocycles. The van der Waals surface area contributed by atoms with Crippen LogP contribution >= 0.6 is 0 Å². The average molecular weight is 365 g/mol. The molecule has 8 heteroatoms. The van der Waals surface area contributed by atoms with E-state index in [1.807, 2.05) is 0 Å². The van der Waals surface area contributed by atoms with E-state index >= 15 is 0 Å². The van der Waals surface area contributed by atoms with Crippen LogP contribution in [0.25, 0.3) is 0 Å². The minimum Gasteiger partial charge on any atom is -0.382 e. The summed E-state index contributed by atoms with van der Waals surface area (Å²) < 4.78 is 12.9. The molecule has 0 radical (unpaired) electrons. The van der Waals surface area contributed by atoms with Gasteiger partial charge in [0, 0.05) is 30.2 Å². The predicted molar refractivity (Wildman–Crippen MR) is 98.4 cm³/mol. The molecule has 0 aliphatic carbocycles. The zero-order valence-electron chi connectivity index (χ0n) is 14.1. The van der Waals surface area contributed by atoms with Gasteiger partial charge in [0.25, 0.3) is 11.8 Å². The Hall–Kier alpha value is -3.81. The third-order valence-corrected chi connectivity index (χ3v) is 3.71. The zero-order valence-corrected chi connectivity index (χ0v) is 14.1. The molecule has 3 aromatic rings. The smallest absolute Gasteiger partial charge is 0.278 e. The lowest BCUT2D eigenvalue weighted by atomic mass is 10.1. The number of rotatable bonds is 5. The van der Waals surface area contributed by atoms with E-state index in [-0.39, 0.29) is 29.8 Å². The van der Waals surface area contributed by atoms with Crippen molar-refractivity contribution in [1.82, 2.24) is 15.3 Å². The summed E-state index contributed by atoms with van der Waals surface area (Å²) in [5.74, 6) is -1.07. The summed E-state index contributed by atoms with van der Waals surface area (Å²) in [6.07, 6.45) is 2.77. The van der Waals surface area contributed by atoms with Crippen molar-refractivity contribution in [3.63, 3.8) is 0 Å². The van der Waals surface area contributed by atoms with Gasteiger partial charge in [0.15, 0.2) is 11.5 Å². The number of benzene rings is 2. The third kappa shape index (κ3) is 4.63. The average Bonchev–Trinajstić information content (AvgIpc) is 2.68. The Balaban J connectivity index is 1.59. The van der Waals surface area contributed by atoms with Crippen molar-refractivity contribution in [3.05, 3.63) is 83.6 Å². The number of carbonyl (C=O) groups is 2. The van der Waals surface area contributed by atoms with Crippen LogP contribution in [0.5, 0.6) is 0 Å². The van der Waals surface area contributed by atoms with E-state index < -0.39 is 5.91 Å². The van der Waals surface area contributed by atoms with Crippen molar-refractivity contribution >= 4 is 23.3 Å². The van der Waals surface area contributed by atoms with Crippen molar-refractivity contribution in [2.75, 3.05) is 11.1 Å². The molecule has 136 valence electrons. The topological polar surface area (TPSA) is 110 Å². The number of nitrogen functional groups attached to an aromatic ring is 1. The van der Waals surface area contributed by atoms with Crippen LogP contribution in [0.4, 0.5) is 15.9 Å². The van der Waals surface area contributed by atoms with Crippen LogP contribution in [0.1, 0.15) is 26.4 Å². The predicted octanol–water partition coefficient (Wildman–Crippen LogP) is 2.38. The fraction of sp³-hybridized carbons (Fsp3) is 0.0526. The minimum absolute atomic E-state index is 0.0265. The molecular weight excluding hydrogens is 349 g/mol. The van der Waals surface area contributed by atoms with E-state index in [0.29, 0.717) is 11.3 Å². The molecule has 2 amide bonds. The van der Waals surface area contributed by atoms with Crippen LogP contribution in [0, 0.1) is 5.82 Å². The van der Waals surface area contributed by atoms with Crippen LogP contribution in [0.2, 0.25) is 0 Å². The number of nitrogens with one attached hydrogen (secondary N) is 2. The summed E-state index contributed by atoms with van der Waals surface area (Å²) in [5, 5.41) is 5.38. The zero-order chi connectivity index (χ0) is 19.2. The maximum absolute atomic E-state index is 12.9. The summed E-state index contributed by atoms with van der Waals surface area (Å²) in [7, 11) is 0. The van der Waals surface area contributed by atoms with Gasteiger partial charge >= 0.3 is 0 Å². The normalized spacial score (nSPS) is 10.3. The van der Waals surface area contributed by atoms with E-state index in [2.05, 4.69) is 20.6 Å². The van der Waals surface area contributed by atoms with Gasteiger partial charge in [-0.25, -0.2) is 14.4 Å². The molecule has 0 atom stereocenters. The van der Waals surface area contributed by atoms with Crippen molar-refractivity contribution in [1.29, 1.82) is 0 Å². The van der Waals surface area contributed by atoms with Crippen LogP contribution in [-0.2, 0) is 6.54 Å². The fourth-order valence-electron chi connectivity index (χ4n) is 2.31. The molecule has 0 unspecified atom stereocenters. The first-order valence-corrected chi connectivity index (χ1v) is 8.03. The molecule has 0 aliphatic rings. The molecule has 1 heterocycles. The molecule has 27 heavy (non-hydrogen) atoms. The second-order valence-corrected chi connectivity index (χ2v) is 5.63. The largest absolute Gasteiger partial charge is 0.382 e. The molecule has 0 bridgehead atoms. The highest BCUT2D eigenvalue weighted by atomic mass is 19.1. The first-order chi connectivity index (χ1) is 13.0. The van der Waals surface area contributed by atoms with Gasteiger partial charge < -0.3 is 16.4 Å². The summed E-state index contributed by atoms with van der Waals surface area (Å²) in [4.78, 5) is 32.0. The van der Waals surface area contributed by atoms with Crippen LogP contribution in [0.3, 0.4) is 0 Å². The standard InChI is InChI=1S/C19H16FN5O2/c20-14-5-1-12(2-6-14)11-24-18(26)13-3-7-15(8-4-13)25-19(27)16-17(21)23-10-9-22-16/h1-10H,11H2,(H2,21,23)(H,24,26)(H,25,27). The first-order valence-electron chi connectivity index (χ1n) is 8.03. The molecule has 0 saturated heterocycles.